The molecule has 3 rings (SSSR count). The van der Waals surface area contributed by atoms with E-state index in [0.717, 1.165) is 18.0 Å². The van der Waals surface area contributed by atoms with Crippen LogP contribution in [0.25, 0.3) is 0 Å². The highest BCUT2D eigenvalue weighted by Crippen LogP contribution is 2.26. The van der Waals surface area contributed by atoms with Crippen molar-refractivity contribution in [2.45, 2.75) is 23.5 Å². The number of hydrogen-bond acceptors (Lipinski definition) is 6. The van der Waals surface area contributed by atoms with Crippen LogP contribution in [-0.4, -0.2) is 66.3 Å². The lowest BCUT2D eigenvalue weighted by atomic mass is 10.2. The van der Waals surface area contributed by atoms with Gasteiger partial charge in [-0.25, -0.2) is 4.79 Å². The van der Waals surface area contributed by atoms with Gasteiger partial charge < -0.3 is 25.4 Å². The summed E-state index contributed by atoms with van der Waals surface area (Å²) in [7, 11) is 3.25. The minimum atomic E-state index is -1.03. The molecule has 0 aromatic heterocycles. The van der Waals surface area contributed by atoms with E-state index < -0.39 is 5.97 Å². The number of benzene rings is 2. The fourth-order valence-corrected chi connectivity index (χ4v) is 4.57. The number of carboxylic acid groups (broad SMARTS) is 1. The zero-order valence-corrected chi connectivity index (χ0v) is 18.9. The fraction of sp³-hybridized carbons (Fsp3) is 0.348. The molecule has 2 aromatic rings. The summed E-state index contributed by atoms with van der Waals surface area (Å²) in [6.07, 6.45) is 0.711. The van der Waals surface area contributed by atoms with Gasteiger partial charge in [-0.05, 0) is 48.4 Å². The summed E-state index contributed by atoms with van der Waals surface area (Å²) in [5.74, 6) is 0.200. The highest BCUT2D eigenvalue weighted by Gasteiger charge is 2.31. The third kappa shape index (κ3) is 6.48. The number of amides is 2. The van der Waals surface area contributed by atoms with Crippen molar-refractivity contribution in [2.24, 2.45) is 0 Å². The molecule has 32 heavy (non-hydrogen) atoms. The number of carbonyl (C=O) groups is 3. The van der Waals surface area contributed by atoms with Crippen molar-refractivity contribution in [2.75, 3.05) is 32.6 Å². The van der Waals surface area contributed by atoms with Crippen LogP contribution in [0.5, 0.6) is 5.75 Å². The smallest absolute Gasteiger partial charge is 0.335 e. The molecule has 3 N–H and O–H groups in total. The van der Waals surface area contributed by atoms with Gasteiger partial charge in [0.2, 0.25) is 11.8 Å². The minimum absolute atomic E-state index is 0.0820. The van der Waals surface area contributed by atoms with Crippen LogP contribution in [0.15, 0.2) is 48.5 Å². The van der Waals surface area contributed by atoms with Gasteiger partial charge in [0.25, 0.3) is 0 Å². The minimum Gasteiger partial charge on any atom is -0.497 e. The standard InChI is InChI=1S/C23H27N3O5S/c1-26(13-21(27)25-17-7-5-16(6-8-17)23(29)30)22(28)20-11-19(12-24-20)32-14-15-3-9-18(31-2)10-4-15/h3-10,19-20,24H,11-14H2,1-2H3,(H,25,27)(H,29,30). The van der Waals surface area contributed by atoms with Crippen molar-refractivity contribution in [3.8, 4) is 5.75 Å². The van der Waals surface area contributed by atoms with Crippen LogP contribution in [0.4, 0.5) is 5.69 Å². The van der Waals surface area contributed by atoms with Crippen molar-refractivity contribution < 1.29 is 24.2 Å². The van der Waals surface area contributed by atoms with Gasteiger partial charge in [-0.15, -0.1) is 0 Å². The lowest BCUT2D eigenvalue weighted by molar-refractivity contribution is -0.134. The van der Waals surface area contributed by atoms with E-state index >= 15 is 0 Å². The molecule has 1 fully saturated rings. The lowest BCUT2D eigenvalue weighted by Crippen LogP contribution is -2.44. The molecule has 2 unspecified atom stereocenters. The molecule has 0 aliphatic carbocycles. The van der Waals surface area contributed by atoms with Gasteiger partial charge in [0.15, 0.2) is 0 Å². The van der Waals surface area contributed by atoms with Crippen molar-refractivity contribution >= 4 is 35.2 Å². The van der Waals surface area contributed by atoms with E-state index in [9.17, 15) is 14.4 Å². The number of methoxy groups -OCH3 is 1. The first-order valence-corrected chi connectivity index (χ1v) is 11.3. The zero-order chi connectivity index (χ0) is 23.1. The number of thioether (sulfide) groups is 1. The normalized spacial score (nSPS) is 17.6. The molecule has 0 saturated carbocycles. The molecule has 9 heteroatoms. The number of carboxylic acids is 1. The molecule has 2 aromatic carbocycles. The van der Waals surface area contributed by atoms with Crippen LogP contribution in [0.1, 0.15) is 22.3 Å². The first-order chi connectivity index (χ1) is 15.4. The van der Waals surface area contributed by atoms with Crippen molar-refractivity contribution in [3.05, 3.63) is 59.7 Å². The summed E-state index contributed by atoms with van der Waals surface area (Å²) in [4.78, 5) is 37.3. The van der Waals surface area contributed by atoms with E-state index in [1.54, 1.807) is 14.2 Å². The second-order valence-electron chi connectivity index (χ2n) is 7.60. The third-order valence-electron chi connectivity index (χ3n) is 5.21. The van der Waals surface area contributed by atoms with Gasteiger partial charge in [-0.1, -0.05) is 12.1 Å². The van der Waals surface area contributed by atoms with E-state index in [1.165, 1.54) is 34.7 Å². The van der Waals surface area contributed by atoms with Crippen LogP contribution in [0, 0.1) is 0 Å². The lowest BCUT2D eigenvalue weighted by Gasteiger charge is -2.20. The predicted molar refractivity (Wildman–Crippen MR) is 124 cm³/mol. The van der Waals surface area contributed by atoms with Gasteiger partial charge >= 0.3 is 5.97 Å². The number of aromatic carboxylic acids is 1. The number of likely N-dealkylation sites (N-methyl/N-ethyl adjacent to an activating group) is 1. The van der Waals surface area contributed by atoms with Gasteiger partial charge in [-0.2, -0.15) is 11.8 Å². The Balaban J connectivity index is 1.42. The Labute approximate surface area is 191 Å². The molecule has 1 aliphatic heterocycles. The van der Waals surface area contributed by atoms with E-state index in [0.29, 0.717) is 17.4 Å². The maximum absolute atomic E-state index is 12.7. The molecule has 1 saturated heterocycles. The van der Waals surface area contributed by atoms with Crippen molar-refractivity contribution in [1.29, 1.82) is 0 Å². The summed E-state index contributed by atoms with van der Waals surface area (Å²) in [6.45, 7) is 0.661. The molecular formula is C23H27N3O5S. The average molecular weight is 458 g/mol. The number of nitrogens with zero attached hydrogens (tertiary/aromatic N) is 1. The van der Waals surface area contributed by atoms with Gasteiger partial charge in [-0.3, -0.25) is 9.59 Å². The first-order valence-electron chi connectivity index (χ1n) is 10.2. The Bertz CT molecular complexity index is 949. The summed E-state index contributed by atoms with van der Waals surface area (Å²) in [5.41, 5.74) is 1.83. The quantitative estimate of drug-likeness (QED) is 0.531. The monoisotopic (exact) mass is 457 g/mol. The maximum Gasteiger partial charge on any atom is 0.335 e. The van der Waals surface area contributed by atoms with E-state index in [4.69, 9.17) is 9.84 Å². The number of ether oxygens (including phenoxy) is 1. The molecule has 170 valence electrons. The summed E-state index contributed by atoms with van der Waals surface area (Å²) in [6, 6.07) is 13.5. The number of carbonyl (C=O) groups excluding carboxylic acids is 2. The molecule has 2 amide bonds. The molecule has 1 heterocycles. The number of anilines is 1. The molecule has 1 aliphatic rings. The molecule has 8 nitrogen and oxygen atoms in total. The summed E-state index contributed by atoms with van der Waals surface area (Å²) >= 11 is 1.81. The highest BCUT2D eigenvalue weighted by molar-refractivity contribution is 7.99. The van der Waals surface area contributed by atoms with E-state index in [2.05, 4.69) is 10.6 Å². The summed E-state index contributed by atoms with van der Waals surface area (Å²) < 4.78 is 5.18. The second kappa shape index (κ2) is 11.0. The van der Waals surface area contributed by atoms with Gasteiger partial charge in [0, 0.05) is 30.3 Å². The van der Waals surface area contributed by atoms with Gasteiger partial charge in [0.05, 0.1) is 25.3 Å². The van der Waals surface area contributed by atoms with E-state index in [-0.39, 0.29) is 30.0 Å². The van der Waals surface area contributed by atoms with Crippen LogP contribution >= 0.6 is 11.8 Å². The van der Waals surface area contributed by atoms with Crippen LogP contribution in [0.3, 0.4) is 0 Å². The Morgan fingerprint density at radius 2 is 1.84 bits per heavy atom. The topological polar surface area (TPSA) is 108 Å². The average Bonchev–Trinajstić information content (AvgIpc) is 3.26. The predicted octanol–water partition coefficient (Wildman–Crippen LogP) is 2.45. The fourth-order valence-electron chi connectivity index (χ4n) is 3.41. The zero-order valence-electron chi connectivity index (χ0n) is 18.0. The van der Waals surface area contributed by atoms with Crippen LogP contribution < -0.4 is 15.4 Å². The highest BCUT2D eigenvalue weighted by atomic mass is 32.2. The number of hydrogen-bond donors (Lipinski definition) is 3. The Kier molecular flexibility index (Phi) is 8.13. The Morgan fingerprint density at radius 3 is 2.47 bits per heavy atom. The molecule has 0 bridgehead atoms. The second-order valence-corrected chi connectivity index (χ2v) is 8.89. The molecule has 0 radical (unpaired) electrons. The van der Waals surface area contributed by atoms with E-state index in [1.807, 2.05) is 36.0 Å². The number of rotatable bonds is 9. The Hall–Kier alpha value is -3.04. The summed E-state index contributed by atoms with van der Waals surface area (Å²) in [5, 5.41) is 15.2. The Morgan fingerprint density at radius 1 is 1.16 bits per heavy atom. The van der Waals surface area contributed by atoms with Gasteiger partial charge in [0.1, 0.15) is 5.75 Å². The van der Waals surface area contributed by atoms with Crippen molar-refractivity contribution in [3.63, 3.8) is 0 Å². The van der Waals surface area contributed by atoms with Crippen molar-refractivity contribution in [1.82, 2.24) is 10.2 Å². The number of nitrogens with one attached hydrogen (secondary N) is 2. The maximum atomic E-state index is 12.7. The first kappa shape index (κ1) is 23.6. The third-order valence-corrected chi connectivity index (χ3v) is 6.54. The SMILES string of the molecule is COc1ccc(CSC2CNC(C(=O)N(C)CC(=O)Nc3ccc(C(=O)O)cc3)C2)cc1. The van der Waals surface area contributed by atoms with Crippen LogP contribution in [0.2, 0.25) is 0 Å². The molecule has 0 spiro atoms. The van der Waals surface area contributed by atoms with Crippen LogP contribution in [-0.2, 0) is 15.3 Å². The molecule has 2 atom stereocenters. The molecular weight excluding hydrogens is 430 g/mol. The largest absolute Gasteiger partial charge is 0.497 e.